The molecular weight excluding hydrogens is 253 g/mol. The minimum absolute atomic E-state index is 0.111. The highest BCUT2D eigenvalue weighted by Crippen LogP contribution is 2.29. The molecule has 3 heteroatoms. The SMILES string of the molecule is COc1ccc(F)cc1C(C)NCC1CCC(C)CC1. The Kier molecular flexibility index (Phi) is 5.41. The average molecular weight is 279 g/mol. The fourth-order valence-electron chi connectivity index (χ4n) is 3.03. The van der Waals surface area contributed by atoms with Gasteiger partial charge in [-0.15, -0.1) is 0 Å². The Labute approximate surface area is 121 Å². The molecule has 1 aliphatic rings. The highest BCUT2D eigenvalue weighted by atomic mass is 19.1. The van der Waals surface area contributed by atoms with Crippen molar-refractivity contribution in [2.24, 2.45) is 11.8 Å². The summed E-state index contributed by atoms with van der Waals surface area (Å²) in [5.41, 5.74) is 0.900. The van der Waals surface area contributed by atoms with E-state index in [9.17, 15) is 4.39 Å². The van der Waals surface area contributed by atoms with E-state index in [4.69, 9.17) is 4.74 Å². The minimum Gasteiger partial charge on any atom is -0.496 e. The molecular formula is C17H26FNO. The Morgan fingerprint density at radius 1 is 1.30 bits per heavy atom. The second kappa shape index (κ2) is 7.07. The lowest BCUT2D eigenvalue weighted by Crippen LogP contribution is -2.28. The van der Waals surface area contributed by atoms with E-state index in [2.05, 4.69) is 19.2 Å². The van der Waals surface area contributed by atoms with Gasteiger partial charge in [-0.05, 0) is 56.3 Å². The van der Waals surface area contributed by atoms with E-state index < -0.39 is 0 Å². The summed E-state index contributed by atoms with van der Waals surface area (Å²) in [5, 5.41) is 3.54. The Hall–Kier alpha value is -1.09. The van der Waals surface area contributed by atoms with Crippen LogP contribution >= 0.6 is 0 Å². The summed E-state index contributed by atoms with van der Waals surface area (Å²) in [5.74, 6) is 2.18. The van der Waals surface area contributed by atoms with Crippen LogP contribution in [-0.2, 0) is 0 Å². The van der Waals surface area contributed by atoms with Crippen LogP contribution in [0.5, 0.6) is 5.75 Å². The second-order valence-electron chi connectivity index (χ2n) is 6.14. The van der Waals surface area contributed by atoms with Gasteiger partial charge < -0.3 is 10.1 Å². The van der Waals surface area contributed by atoms with Crippen molar-refractivity contribution in [3.63, 3.8) is 0 Å². The number of nitrogens with one attached hydrogen (secondary N) is 1. The van der Waals surface area contributed by atoms with Gasteiger partial charge in [-0.25, -0.2) is 4.39 Å². The molecule has 0 radical (unpaired) electrons. The third-order valence-electron chi connectivity index (χ3n) is 4.51. The van der Waals surface area contributed by atoms with Crippen LogP contribution in [0.25, 0.3) is 0 Å². The van der Waals surface area contributed by atoms with Crippen LogP contribution in [0.1, 0.15) is 51.1 Å². The molecule has 1 atom stereocenters. The summed E-state index contributed by atoms with van der Waals surface area (Å²) >= 11 is 0. The quantitative estimate of drug-likeness (QED) is 0.867. The lowest BCUT2D eigenvalue weighted by Gasteiger charge is -2.28. The third kappa shape index (κ3) is 3.95. The van der Waals surface area contributed by atoms with Crippen LogP contribution in [0.15, 0.2) is 18.2 Å². The van der Waals surface area contributed by atoms with Gasteiger partial charge in [0.05, 0.1) is 7.11 Å². The first-order valence-corrected chi connectivity index (χ1v) is 7.67. The number of halogens is 1. The number of methoxy groups -OCH3 is 1. The molecule has 0 bridgehead atoms. The third-order valence-corrected chi connectivity index (χ3v) is 4.51. The molecule has 112 valence electrons. The summed E-state index contributed by atoms with van der Waals surface area (Å²) in [6.45, 7) is 5.42. The lowest BCUT2D eigenvalue weighted by molar-refractivity contribution is 0.275. The Morgan fingerprint density at radius 3 is 2.65 bits per heavy atom. The summed E-state index contributed by atoms with van der Waals surface area (Å²) in [6, 6.07) is 4.82. The molecule has 0 amide bonds. The van der Waals surface area contributed by atoms with Crippen molar-refractivity contribution >= 4 is 0 Å². The number of ether oxygens (including phenoxy) is 1. The van der Waals surface area contributed by atoms with Crippen molar-refractivity contribution in [2.45, 2.75) is 45.6 Å². The highest BCUT2D eigenvalue weighted by molar-refractivity contribution is 5.36. The topological polar surface area (TPSA) is 21.3 Å². The first-order valence-electron chi connectivity index (χ1n) is 7.67. The maximum Gasteiger partial charge on any atom is 0.123 e. The Balaban J connectivity index is 1.91. The summed E-state index contributed by atoms with van der Waals surface area (Å²) in [6.07, 6.45) is 5.29. The van der Waals surface area contributed by atoms with Gasteiger partial charge in [0.1, 0.15) is 11.6 Å². The van der Waals surface area contributed by atoms with Crippen molar-refractivity contribution in [1.29, 1.82) is 0 Å². The van der Waals surface area contributed by atoms with Gasteiger partial charge in [0, 0.05) is 11.6 Å². The maximum atomic E-state index is 13.4. The van der Waals surface area contributed by atoms with Crippen LogP contribution in [0, 0.1) is 17.7 Å². The molecule has 2 rings (SSSR count). The molecule has 0 aromatic heterocycles. The average Bonchev–Trinajstić information content (AvgIpc) is 2.46. The van der Waals surface area contributed by atoms with Gasteiger partial charge in [-0.1, -0.05) is 19.8 Å². The molecule has 0 saturated heterocycles. The summed E-state index contributed by atoms with van der Waals surface area (Å²) in [7, 11) is 1.63. The van der Waals surface area contributed by atoms with Gasteiger partial charge in [0.2, 0.25) is 0 Å². The van der Waals surface area contributed by atoms with Crippen LogP contribution in [0.4, 0.5) is 4.39 Å². The molecule has 0 spiro atoms. The molecule has 1 aromatic rings. The second-order valence-corrected chi connectivity index (χ2v) is 6.14. The van der Waals surface area contributed by atoms with Crippen molar-refractivity contribution < 1.29 is 9.13 Å². The molecule has 2 nitrogen and oxygen atoms in total. The normalized spacial score (nSPS) is 24.4. The molecule has 1 saturated carbocycles. The largest absolute Gasteiger partial charge is 0.496 e. The predicted molar refractivity (Wildman–Crippen MR) is 80.5 cm³/mol. The number of benzene rings is 1. The maximum absolute atomic E-state index is 13.4. The zero-order valence-electron chi connectivity index (χ0n) is 12.8. The molecule has 1 unspecified atom stereocenters. The monoisotopic (exact) mass is 279 g/mol. The van der Waals surface area contributed by atoms with Crippen LogP contribution in [-0.4, -0.2) is 13.7 Å². The lowest BCUT2D eigenvalue weighted by atomic mass is 9.83. The van der Waals surface area contributed by atoms with Crippen LogP contribution < -0.4 is 10.1 Å². The van der Waals surface area contributed by atoms with Crippen molar-refractivity contribution in [1.82, 2.24) is 5.32 Å². The minimum atomic E-state index is -0.207. The van der Waals surface area contributed by atoms with E-state index in [0.29, 0.717) is 0 Å². The fraction of sp³-hybridized carbons (Fsp3) is 0.647. The number of rotatable bonds is 5. The van der Waals surface area contributed by atoms with Gasteiger partial charge in [0.15, 0.2) is 0 Å². The molecule has 1 fully saturated rings. The van der Waals surface area contributed by atoms with Gasteiger partial charge >= 0.3 is 0 Å². The van der Waals surface area contributed by atoms with Crippen LogP contribution in [0.2, 0.25) is 0 Å². The molecule has 1 aromatic carbocycles. The first-order chi connectivity index (χ1) is 9.60. The zero-order valence-corrected chi connectivity index (χ0v) is 12.8. The van der Waals surface area contributed by atoms with Gasteiger partial charge in [-0.3, -0.25) is 0 Å². The molecule has 0 heterocycles. The fourth-order valence-corrected chi connectivity index (χ4v) is 3.03. The molecule has 0 aliphatic heterocycles. The van der Waals surface area contributed by atoms with Gasteiger partial charge in [-0.2, -0.15) is 0 Å². The van der Waals surface area contributed by atoms with Crippen molar-refractivity contribution in [3.05, 3.63) is 29.6 Å². The predicted octanol–water partition coefficient (Wildman–Crippen LogP) is 4.31. The van der Waals surface area contributed by atoms with Crippen molar-refractivity contribution in [2.75, 3.05) is 13.7 Å². The van der Waals surface area contributed by atoms with E-state index >= 15 is 0 Å². The number of hydrogen-bond donors (Lipinski definition) is 1. The van der Waals surface area contributed by atoms with Crippen LogP contribution in [0.3, 0.4) is 0 Å². The Morgan fingerprint density at radius 2 is 2.00 bits per heavy atom. The summed E-state index contributed by atoms with van der Waals surface area (Å²) < 4.78 is 18.7. The smallest absolute Gasteiger partial charge is 0.123 e. The van der Waals surface area contributed by atoms with E-state index in [1.54, 1.807) is 19.2 Å². The standard InChI is InChI=1S/C17H26FNO/c1-12-4-6-14(7-5-12)11-19-13(2)16-10-15(18)8-9-17(16)20-3/h8-10,12-14,19H,4-7,11H2,1-3H3. The summed E-state index contributed by atoms with van der Waals surface area (Å²) in [4.78, 5) is 0. The molecule has 1 aliphatic carbocycles. The Bertz CT molecular complexity index is 427. The van der Waals surface area contributed by atoms with Gasteiger partial charge in [0.25, 0.3) is 0 Å². The highest BCUT2D eigenvalue weighted by Gasteiger charge is 2.19. The van der Waals surface area contributed by atoms with E-state index in [-0.39, 0.29) is 11.9 Å². The molecule has 1 N–H and O–H groups in total. The zero-order chi connectivity index (χ0) is 14.5. The van der Waals surface area contributed by atoms with E-state index in [0.717, 1.165) is 29.7 Å². The van der Waals surface area contributed by atoms with Crippen molar-refractivity contribution in [3.8, 4) is 5.75 Å². The molecule has 20 heavy (non-hydrogen) atoms. The first kappa shape index (κ1) is 15.3. The van der Waals surface area contributed by atoms with E-state index in [1.165, 1.54) is 31.7 Å². The number of hydrogen-bond acceptors (Lipinski definition) is 2. The van der Waals surface area contributed by atoms with E-state index in [1.807, 2.05) is 0 Å².